The number of carbonyl (C=O) groups is 1. The summed E-state index contributed by atoms with van der Waals surface area (Å²) in [5, 5.41) is 12.0. The largest absolute Gasteiger partial charge is 0.391 e. The van der Waals surface area contributed by atoms with E-state index in [0.717, 1.165) is 0 Å². The van der Waals surface area contributed by atoms with Crippen LogP contribution in [0.15, 0.2) is 0 Å². The quantitative estimate of drug-likeness (QED) is 0.562. The zero-order chi connectivity index (χ0) is 10.4. The van der Waals surface area contributed by atoms with Crippen LogP contribution in [0.3, 0.4) is 0 Å². The van der Waals surface area contributed by atoms with Gasteiger partial charge in [0.15, 0.2) is 0 Å². The van der Waals surface area contributed by atoms with Crippen LogP contribution in [0.1, 0.15) is 27.2 Å². The number of carbonyl (C=O) groups excluding carboxylic acids is 1. The van der Waals surface area contributed by atoms with Crippen LogP contribution in [0.2, 0.25) is 0 Å². The lowest BCUT2D eigenvalue weighted by atomic mass is 10.1. The van der Waals surface area contributed by atoms with Gasteiger partial charge in [-0.05, 0) is 19.3 Å². The molecule has 0 bridgehead atoms. The molecule has 0 aliphatic rings. The molecule has 4 nitrogen and oxygen atoms in total. The third kappa shape index (κ3) is 6.54. The van der Waals surface area contributed by atoms with Crippen molar-refractivity contribution in [2.45, 2.75) is 39.3 Å². The highest BCUT2D eigenvalue weighted by atomic mass is 16.3. The summed E-state index contributed by atoms with van der Waals surface area (Å²) in [7, 11) is 0. The van der Waals surface area contributed by atoms with E-state index >= 15 is 0 Å². The first-order valence-electron chi connectivity index (χ1n) is 4.64. The highest BCUT2D eigenvalue weighted by molar-refractivity contribution is 5.80. The predicted octanol–water partition coefficient (Wildman–Crippen LogP) is -0.143. The number of hydrogen-bond donors (Lipinski definition) is 3. The molecule has 0 heterocycles. The van der Waals surface area contributed by atoms with E-state index in [2.05, 4.69) is 5.32 Å². The van der Waals surface area contributed by atoms with E-state index < -0.39 is 12.1 Å². The van der Waals surface area contributed by atoms with Gasteiger partial charge < -0.3 is 16.2 Å². The predicted molar refractivity (Wildman–Crippen MR) is 52.1 cm³/mol. The Morgan fingerprint density at radius 3 is 2.38 bits per heavy atom. The minimum absolute atomic E-state index is 0.220. The molecular weight excluding hydrogens is 168 g/mol. The van der Waals surface area contributed by atoms with Gasteiger partial charge in [0.2, 0.25) is 5.91 Å². The second kappa shape index (κ2) is 5.94. The molecule has 0 aromatic rings. The summed E-state index contributed by atoms with van der Waals surface area (Å²) in [5.74, 6) is 0.213. The molecule has 0 aromatic carbocycles. The Morgan fingerprint density at radius 2 is 2.00 bits per heavy atom. The Balaban J connectivity index is 3.58. The summed E-state index contributed by atoms with van der Waals surface area (Å²) < 4.78 is 0. The number of hydrogen-bond acceptors (Lipinski definition) is 3. The Labute approximate surface area is 79.5 Å². The first-order valence-corrected chi connectivity index (χ1v) is 4.64. The van der Waals surface area contributed by atoms with Crippen molar-refractivity contribution in [1.82, 2.24) is 5.32 Å². The molecule has 0 saturated carbocycles. The third-order valence-corrected chi connectivity index (χ3v) is 1.67. The summed E-state index contributed by atoms with van der Waals surface area (Å²) in [6.07, 6.45) is 0.224. The van der Waals surface area contributed by atoms with Crippen LogP contribution in [-0.2, 0) is 4.79 Å². The standard InChI is InChI=1S/C9H20N2O2/c1-6(2)4-8(12)5-11-9(13)7(3)10/h6-8,12H,4-5,10H2,1-3H3,(H,11,13)/t7-,8?/m0/s1. The topological polar surface area (TPSA) is 75.3 Å². The van der Waals surface area contributed by atoms with Gasteiger partial charge in [-0.15, -0.1) is 0 Å². The normalized spacial score (nSPS) is 15.5. The number of rotatable bonds is 5. The Hall–Kier alpha value is -0.610. The van der Waals surface area contributed by atoms with Crippen LogP contribution in [0.25, 0.3) is 0 Å². The first kappa shape index (κ1) is 12.4. The fourth-order valence-electron chi connectivity index (χ4n) is 1.01. The van der Waals surface area contributed by atoms with E-state index in [1.165, 1.54) is 0 Å². The summed E-state index contributed by atoms with van der Waals surface area (Å²) in [4.78, 5) is 11.0. The first-order chi connectivity index (χ1) is 5.93. The minimum Gasteiger partial charge on any atom is -0.391 e. The lowest BCUT2D eigenvalue weighted by molar-refractivity contribution is -0.122. The number of nitrogens with one attached hydrogen (secondary N) is 1. The number of aliphatic hydroxyl groups excluding tert-OH is 1. The maximum absolute atomic E-state index is 11.0. The molecule has 0 saturated heterocycles. The Kier molecular flexibility index (Phi) is 5.66. The average molecular weight is 188 g/mol. The van der Waals surface area contributed by atoms with Crippen molar-refractivity contribution in [3.63, 3.8) is 0 Å². The molecule has 13 heavy (non-hydrogen) atoms. The van der Waals surface area contributed by atoms with Crippen molar-refractivity contribution in [1.29, 1.82) is 0 Å². The van der Waals surface area contributed by atoms with Crippen LogP contribution in [0.4, 0.5) is 0 Å². The second-order valence-electron chi connectivity index (χ2n) is 3.82. The van der Waals surface area contributed by atoms with E-state index in [1.807, 2.05) is 13.8 Å². The summed E-state index contributed by atoms with van der Waals surface area (Å²) in [5.41, 5.74) is 5.33. The van der Waals surface area contributed by atoms with Crippen molar-refractivity contribution in [3.05, 3.63) is 0 Å². The van der Waals surface area contributed by atoms with Gasteiger partial charge in [0.25, 0.3) is 0 Å². The van der Waals surface area contributed by atoms with Gasteiger partial charge in [-0.1, -0.05) is 13.8 Å². The maximum atomic E-state index is 11.0. The zero-order valence-electron chi connectivity index (χ0n) is 8.58. The molecule has 0 spiro atoms. The van der Waals surface area contributed by atoms with Crippen LogP contribution in [-0.4, -0.2) is 29.7 Å². The minimum atomic E-state index is -0.508. The van der Waals surface area contributed by atoms with Crippen LogP contribution >= 0.6 is 0 Å². The molecule has 0 aromatic heterocycles. The summed E-state index contributed by atoms with van der Waals surface area (Å²) in [6.45, 7) is 5.95. The van der Waals surface area contributed by atoms with Crippen molar-refractivity contribution in [2.75, 3.05) is 6.54 Å². The van der Waals surface area contributed by atoms with Crippen LogP contribution < -0.4 is 11.1 Å². The van der Waals surface area contributed by atoms with Gasteiger partial charge >= 0.3 is 0 Å². The molecule has 0 aliphatic heterocycles. The van der Waals surface area contributed by atoms with Gasteiger partial charge in [-0.2, -0.15) is 0 Å². The highest BCUT2D eigenvalue weighted by Gasteiger charge is 2.10. The third-order valence-electron chi connectivity index (χ3n) is 1.67. The maximum Gasteiger partial charge on any atom is 0.236 e. The number of aliphatic hydroxyl groups is 1. The average Bonchev–Trinajstić information content (AvgIpc) is 1.98. The molecule has 4 heteroatoms. The SMILES string of the molecule is CC(C)CC(O)CNC(=O)[C@H](C)N. The monoisotopic (exact) mass is 188 g/mol. The Bertz CT molecular complexity index is 158. The van der Waals surface area contributed by atoms with Crippen molar-refractivity contribution < 1.29 is 9.90 Å². The van der Waals surface area contributed by atoms with E-state index in [-0.39, 0.29) is 5.91 Å². The van der Waals surface area contributed by atoms with E-state index in [4.69, 9.17) is 5.73 Å². The van der Waals surface area contributed by atoms with E-state index in [1.54, 1.807) is 6.92 Å². The molecular formula is C9H20N2O2. The molecule has 1 amide bonds. The molecule has 0 fully saturated rings. The smallest absolute Gasteiger partial charge is 0.236 e. The molecule has 0 rings (SSSR count). The molecule has 1 unspecified atom stereocenters. The van der Waals surface area contributed by atoms with Gasteiger partial charge in [0.1, 0.15) is 0 Å². The van der Waals surface area contributed by atoms with Crippen LogP contribution in [0, 0.1) is 5.92 Å². The van der Waals surface area contributed by atoms with Gasteiger partial charge in [0, 0.05) is 6.54 Å². The molecule has 0 radical (unpaired) electrons. The lowest BCUT2D eigenvalue weighted by Crippen LogP contribution is -2.41. The molecule has 0 aliphatic carbocycles. The number of amides is 1. The number of nitrogens with two attached hydrogens (primary N) is 1. The fraction of sp³-hybridized carbons (Fsp3) is 0.889. The van der Waals surface area contributed by atoms with Crippen LogP contribution in [0.5, 0.6) is 0 Å². The molecule has 2 atom stereocenters. The highest BCUT2D eigenvalue weighted by Crippen LogP contribution is 2.02. The summed E-state index contributed by atoms with van der Waals surface area (Å²) in [6, 6.07) is -0.508. The zero-order valence-corrected chi connectivity index (χ0v) is 8.58. The Morgan fingerprint density at radius 1 is 1.46 bits per heavy atom. The second-order valence-corrected chi connectivity index (χ2v) is 3.82. The van der Waals surface area contributed by atoms with Crippen molar-refractivity contribution in [3.8, 4) is 0 Å². The molecule has 4 N–H and O–H groups in total. The van der Waals surface area contributed by atoms with Gasteiger partial charge in [-0.3, -0.25) is 4.79 Å². The summed E-state index contributed by atoms with van der Waals surface area (Å²) >= 11 is 0. The van der Waals surface area contributed by atoms with E-state index in [0.29, 0.717) is 18.9 Å². The lowest BCUT2D eigenvalue weighted by Gasteiger charge is -2.14. The fourth-order valence-corrected chi connectivity index (χ4v) is 1.01. The van der Waals surface area contributed by atoms with E-state index in [9.17, 15) is 9.90 Å². The van der Waals surface area contributed by atoms with Gasteiger partial charge in [-0.25, -0.2) is 0 Å². The van der Waals surface area contributed by atoms with Crippen molar-refractivity contribution in [2.24, 2.45) is 11.7 Å². The molecule has 78 valence electrons. The van der Waals surface area contributed by atoms with Gasteiger partial charge in [0.05, 0.1) is 12.1 Å². The van der Waals surface area contributed by atoms with Crippen molar-refractivity contribution >= 4 is 5.91 Å².